The number of hydrogen-bond acceptors (Lipinski definition) is 5. The van der Waals surface area contributed by atoms with Crippen molar-refractivity contribution in [2.75, 3.05) is 11.9 Å². The number of aryl methyl sites for hydroxylation is 2. The summed E-state index contributed by atoms with van der Waals surface area (Å²) in [6, 6.07) is 7.47. The second kappa shape index (κ2) is 5.83. The molecule has 1 aromatic heterocycles. The van der Waals surface area contributed by atoms with Crippen LogP contribution in [0, 0.1) is 24.0 Å². The first-order valence-electron chi connectivity index (χ1n) is 6.58. The molecule has 0 bridgehead atoms. The Bertz CT molecular complexity index is 659. The van der Waals surface area contributed by atoms with Gasteiger partial charge in [-0.15, -0.1) is 11.3 Å². The Balaban J connectivity index is 2.51. The second-order valence-corrected chi connectivity index (χ2v) is 6.24. The third-order valence-corrected chi connectivity index (χ3v) is 4.59. The molecule has 1 N–H and O–H groups in total. The molecule has 0 saturated heterocycles. The lowest BCUT2D eigenvalue weighted by atomic mass is 10.1. The summed E-state index contributed by atoms with van der Waals surface area (Å²) in [7, 11) is 1.80. The molecule has 0 amide bonds. The van der Waals surface area contributed by atoms with E-state index in [9.17, 15) is 15.2 Å². The minimum absolute atomic E-state index is 0.0255. The van der Waals surface area contributed by atoms with Crippen LogP contribution < -0.4 is 4.90 Å². The molecule has 1 aromatic carbocycles. The molecule has 2 rings (SSSR count). The number of anilines is 2. The average molecular weight is 306 g/mol. The Kier molecular flexibility index (Phi) is 4.29. The van der Waals surface area contributed by atoms with Gasteiger partial charge in [0.15, 0.2) is 5.00 Å². The van der Waals surface area contributed by atoms with Crippen LogP contribution in [0.15, 0.2) is 24.3 Å². The van der Waals surface area contributed by atoms with Crippen LogP contribution in [0.2, 0.25) is 0 Å². The zero-order valence-electron chi connectivity index (χ0n) is 12.5. The lowest BCUT2D eigenvalue weighted by molar-refractivity contribution is -0.383. The van der Waals surface area contributed by atoms with Crippen molar-refractivity contribution in [3.05, 3.63) is 50.4 Å². The Morgan fingerprint density at radius 1 is 1.24 bits per heavy atom. The van der Waals surface area contributed by atoms with Crippen LogP contribution >= 0.6 is 11.3 Å². The average Bonchev–Trinajstić information content (AvgIpc) is 2.81. The largest absolute Gasteiger partial charge is 0.388 e. The summed E-state index contributed by atoms with van der Waals surface area (Å²) in [5.41, 5.74) is 3.13. The maximum atomic E-state index is 11.2. The standard InChI is InChI=1S/C15H18N2O3S/c1-9-5-10(2)7-12(6-9)16(4)15-13(17(19)20)8-14(21-15)11(3)18/h5-8,11,18H,1-4H3/t11-/m0/s1. The van der Waals surface area contributed by atoms with E-state index in [1.54, 1.807) is 18.9 Å². The Labute approximate surface area is 127 Å². The monoisotopic (exact) mass is 306 g/mol. The van der Waals surface area contributed by atoms with Crippen LogP contribution in [0.3, 0.4) is 0 Å². The van der Waals surface area contributed by atoms with Gasteiger partial charge in [-0.25, -0.2) is 0 Å². The third-order valence-electron chi connectivity index (χ3n) is 3.22. The first-order chi connectivity index (χ1) is 9.79. The molecule has 0 aliphatic carbocycles. The van der Waals surface area contributed by atoms with Crippen molar-refractivity contribution in [3.63, 3.8) is 0 Å². The summed E-state index contributed by atoms with van der Waals surface area (Å²) in [6.07, 6.45) is -0.713. The van der Waals surface area contributed by atoms with E-state index in [0.29, 0.717) is 9.88 Å². The number of nitrogens with zero attached hydrogens (tertiary/aromatic N) is 2. The van der Waals surface area contributed by atoms with Crippen molar-refractivity contribution in [2.45, 2.75) is 26.9 Å². The highest BCUT2D eigenvalue weighted by Crippen LogP contribution is 2.42. The van der Waals surface area contributed by atoms with Gasteiger partial charge >= 0.3 is 5.69 Å². The second-order valence-electron chi connectivity index (χ2n) is 5.18. The van der Waals surface area contributed by atoms with Gasteiger partial charge in [0.05, 0.1) is 11.0 Å². The molecule has 0 unspecified atom stereocenters. The summed E-state index contributed by atoms with van der Waals surface area (Å²) in [5, 5.41) is 21.4. The van der Waals surface area contributed by atoms with Crippen molar-refractivity contribution in [1.29, 1.82) is 0 Å². The van der Waals surface area contributed by atoms with Gasteiger partial charge in [0.2, 0.25) is 0 Å². The Morgan fingerprint density at radius 2 is 1.81 bits per heavy atom. The minimum atomic E-state index is -0.713. The predicted molar refractivity (Wildman–Crippen MR) is 85.6 cm³/mol. The Hall–Kier alpha value is -1.92. The molecule has 2 aromatic rings. The fraction of sp³-hybridized carbons (Fsp3) is 0.333. The zero-order chi connectivity index (χ0) is 15.7. The number of aliphatic hydroxyl groups is 1. The highest BCUT2D eigenvalue weighted by Gasteiger charge is 2.24. The fourth-order valence-corrected chi connectivity index (χ4v) is 3.27. The first kappa shape index (κ1) is 15.5. The summed E-state index contributed by atoms with van der Waals surface area (Å²) in [6.45, 7) is 5.60. The first-order valence-corrected chi connectivity index (χ1v) is 7.39. The smallest absolute Gasteiger partial charge is 0.304 e. The van der Waals surface area contributed by atoms with Crippen molar-refractivity contribution < 1.29 is 10.0 Å². The van der Waals surface area contributed by atoms with Crippen LogP contribution in [0.4, 0.5) is 16.4 Å². The molecule has 5 nitrogen and oxygen atoms in total. The fourth-order valence-electron chi connectivity index (χ4n) is 2.23. The van der Waals surface area contributed by atoms with Gasteiger partial charge in [-0.2, -0.15) is 0 Å². The molecule has 21 heavy (non-hydrogen) atoms. The van der Waals surface area contributed by atoms with E-state index >= 15 is 0 Å². The number of nitro groups is 1. The third kappa shape index (κ3) is 3.22. The van der Waals surface area contributed by atoms with E-state index in [1.165, 1.54) is 17.4 Å². The van der Waals surface area contributed by atoms with Crippen LogP contribution in [0.5, 0.6) is 0 Å². The normalized spacial score (nSPS) is 12.2. The topological polar surface area (TPSA) is 66.6 Å². The van der Waals surface area contributed by atoms with E-state index in [1.807, 2.05) is 26.0 Å². The van der Waals surface area contributed by atoms with Crippen molar-refractivity contribution in [2.24, 2.45) is 0 Å². The molecule has 0 spiro atoms. The molecular formula is C15H18N2O3S. The summed E-state index contributed by atoms with van der Waals surface area (Å²) in [5.74, 6) is 0. The van der Waals surface area contributed by atoms with E-state index in [4.69, 9.17) is 0 Å². The van der Waals surface area contributed by atoms with Crippen molar-refractivity contribution >= 4 is 27.7 Å². The molecule has 0 aliphatic rings. The summed E-state index contributed by atoms with van der Waals surface area (Å²) >= 11 is 1.24. The number of aliphatic hydroxyl groups excluding tert-OH is 1. The SMILES string of the molecule is Cc1cc(C)cc(N(C)c2sc([C@H](C)O)cc2[N+](=O)[O-])c1. The Morgan fingerprint density at radius 3 is 2.29 bits per heavy atom. The van der Waals surface area contributed by atoms with Crippen LogP contribution in [0.25, 0.3) is 0 Å². The van der Waals surface area contributed by atoms with Crippen LogP contribution in [-0.4, -0.2) is 17.1 Å². The highest BCUT2D eigenvalue weighted by atomic mass is 32.1. The lowest BCUT2D eigenvalue weighted by Crippen LogP contribution is -2.09. The molecule has 1 heterocycles. The zero-order valence-corrected chi connectivity index (χ0v) is 13.3. The summed E-state index contributed by atoms with van der Waals surface area (Å²) in [4.78, 5) is 13.2. The molecule has 112 valence electrons. The van der Waals surface area contributed by atoms with Gasteiger partial charge in [-0.05, 0) is 44.0 Å². The quantitative estimate of drug-likeness (QED) is 0.682. The van der Waals surface area contributed by atoms with E-state index in [2.05, 4.69) is 6.07 Å². The maximum absolute atomic E-state index is 11.2. The molecule has 0 aliphatic heterocycles. The lowest BCUT2D eigenvalue weighted by Gasteiger charge is -2.18. The molecule has 0 radical (unpaired) electrons. The molecule has 0 fully saturated rings. The number of thiophene rings is 1. The van der Waals surface area contributed by atoms with E-state index in [0.717, 1.165) is 16.8 Å². The van der Waals surface area contributed by atoms with E-state index < -0.39 is 11.0 Å². The van der Waals surface area contributed by atoms with E-state index in [-0.39, 0.29) is 5.69 Å². The maximum Gasteiger partial charge on any atom is 0.304 e. The summed E-state index contributed by atoms with van der Waals surface area (Å²) < 4.78 is 0. The van der Waals surface area contributed by atoms with Gasteiger partial charge in [-0.1, -0.05) is 6.07 Å². The van der Waals surface area contributed by atoms with Gasteiger partial charge in [0.1, 0.15) is 0 Å². The van der Waals surface area contributed by atoms with Gasteiger partial charge < -0.3 is 10.0 Å². The van der Waals surface area contributed by atoms with Gasteiger partial charge in [0, 0.05) is 23.7 Å². The van der Waals surface area contributed by atoms with Gasteiger partial charge in [-0.3, -0.25) is 10.1 Å². The van der Waals surface area contributed by atoms with Gasteiger partial charge in [0.25, 0.3) is 0 Å². The predicted octanol–water partition coefficient (Wildman–Crippen LogP) is 4.09. The molecule has 0 saturated carbocycles. The number of rotatable bonds is 4. The number of benzene rings is 1. The molecule has 1 atom stereocenters. The minimum Gasteiger partial charge on any atom is -0.388 e. The van der Waals surface area contributed by atoms with Crippen molar-refractivity contribution in [1.82, 2.24) is 0 Å². The van der Waals surface area contributed by atoms with Crippen LogP contribution in [0.1, 0.15) is 29.0 Å². The highest BCUT2D eigenvalue weighted by molar-refractivity contribution is 7.16. The molecular weight excluding hydrogens is 288 g/mol. The van der Waals surface area contributed by atoms with Crippen LogP contribution in [-0.2, 0) is 0 Å². The number of hydrogen-bond donors (Lipinski definition) is 1. The molecule has 6 heteroatoms. The van der Waals surface area contributed by atoms with Crippen molar-refractivity contribution in [3.8, 4) is 0 Å².